The van der Waals surface area contributed by atoms with E-state index in [2.05, 4.69) is 5.32 Å². The fraction of sp³-hybridized carbons (Fsp3) is 0.417. The minimum Gasteiger partial charge on any atom is -0.496 e. The van der Waals surface area contributed by atoms with E-state index in [0.29, 0.717) is 18.5 Å². The average molecular weight is 491 g/mol. The number of aliphatic hydroxyl groups is 1. The first-order chi connectivity index (χ1) is 16.2. The molecule has 2 aromatic rings. The van der Waals surface area contributed by atoms with Crippen molar-refractivity contribution >= 4 is 29.0 Å². The smallest absolute Gasteiger partial charge is 0.253 e. The molecule has 1 fully saturated rings. The average Bonchev–Trinajstić information content (AvgIpc) is 2.85. The van der Waals surface area contributed by atoms with Crippen LogP contribution in [0.3, 0.4) is 0 Å². The van der Waals surface area contributed by atoms with Crippen molar-refractivity contribution in [3.8, 4) is 5.75 Å². The number of nitrogen functional groups attached to an aromatic ring is 1. The highest BCUT2D eigenvalue weighted by atomic mass is 35.5. The highest BCUT2D eigenvalue weighted by Crippen LogP contribution is 2.35. The second-order valence-electron chi connectivity index (χ2n) is 8.19. The number of carbonyl (C=O) groups excluding carboxylic acids is 2. The van der Waals surface area contributed by atoms with E-state index in [0.717, 1.165) is 6.42 Å². The molecule has 3 rings (SSSR count). The van der Waals surface area contributed by atoms with Crippen LogP contribution in [0, 0.1) is 0 Å². The van der Waals surface area contributed by atoms with Crippen LogP contribution in [0.2, 0.25) is 5.02 Å². The van der Waals surface area contributed by atoms with E-state index in [4.69, 9.17) is 32.5 Å². The Morgan fingerprint density at radius 1 is 1.29 bits per heavy atom. The number of hydrogen-bond donors (Lipinski definition) is 4. The van der Waals surface area contributed by atoms with Gasteiger partial charge >= 0.3 is 0 Å². The molecule has 1 heterocycles. The molecule has 1 aliphatic heterocycles. The number of halogens is 1. The van der Waals surface area contributed by atoms with Crippen molar-refractivity contribution in [1.82, 2.24) is 10.2 Å². The number of carbonyl (C=O) groups is 2. The van der Waals surface area contributed by atoms with Crippen LogP contribution >= 0.6 is 11.6 Å². The Morgan fingerprint density at radius 3 is 2.65 bits per heavy atom. The van der Waals surface area contributed by atoms with Gasteiger partial charge in [0.05, 0.1) is 29.5 Å². The molecular formula is C24H31ClN4O5. The lowest BCUT2D eigenvalue weighted by Crippen LogP contribution is -2.71. The van der Waals surface area contributed by atoms with Crippen LogP contribution in [0.1, 0.15) is 34.9 Å². The highest BCUT2D eigenvalue weighted by molar-refractivity contribution is 6.33. The predicted molar refractivity (Wildman–Crippen MR) is 130 cm³/mol. The van der Waals surface area contributed by atoms with Crippen molar-refractivity contribution < 1.29 is 24.2 Å². The molecule has 6 N–H and O–H groups in total. The first-order valence-corrected chi connectivity index (χ1v) is 11.4. The number of Topliss-reactive ketones (excluding diaryl/α,β-unsaturated/α-hetero) is 1. The first kappa shape index (κ1) is 25.9. The van der Waals surface area contributed by atoms with Gasteiger partial charge in [-0.1, -0.05) is 41.9 Å². The van der Waals surface area contributed by atoms with Gasteiger partial charge in [0, 0.05) is 32.8 Å². The number of ketones is 1. The Labute approximate surface area is 203 Å². The maximum atomic E-state index is 13.8. The van der Waals surface area contributed by atoms with E-state index in [-0.39, 0.29) is 35.1 Å². The number of nitrogens with one attached hydrogen (secondary N) is 1. The lowest BCUT2D eigenvalue weighted by Gasteiger charge is -2.47. The number of hydrogen-bond acceptors (Lipinski definition) is 8. The van der Waals surface area contributed by atoms with Crippen LogP contribution < -0.4 is 21.5 Å². The number of nitrogens with zero attached hydrogens (tertiary/aromatic N) is 1. The number of nitrogens with two attached hydrogens (primary N) is 2. The summed E-state index contributed by atoms with van der Waals surface area (Å²) in [6.07, 6.45) is -0.551. The van der Waals surface area contributed by atoms with Gasteiger partial charge in [-0.2, -0.15) is 0 Å². The molecule has 1 aliphatic rings. The van der Waals surface area contributed by atoms with E-state index in [1.807, 2.05) is 0 Å². The summed E-state index contributed by atoms with van der Waals surface area (Å²) < 4.78 is 11.0. The molecule has 0 saturated carbocycles. The number of aliphatic hydroxyl groups excluding tert-OH is 1. The molecule has 34 heavy (non-hydrogen) atoms. The molecule has 9 nitrogen and oxygen atoms in total. The van der Waals surface area contributed by atoms with Crippen molar-refractivity contribution in [3.05, 3.63) is 58.6 Å². The van der Waals surface area contributed by atoms with Crippen LogP contribution in [0.15, 0.2) is 42.5 Å². The lowest BCUT2D eigenvalue weighted by atomic mass is 9.85. The summed E-state index contributed by atoms with van der Waals surface area (Å²) in [6.45, 7) is 0.954. The molecule has 184 valence electrons. The van der Waals surface area contributed by atoms with E-state index >= 15 is 0 Å². The van der Waals surface area contributed by atoms with Crippen LogP contribution in [0.5, 0.6) is 5.75 Å². The van der Waals surface area contributed by atoms with Gasteiger partial charge in [-0.15, -0.1) is 0 Å². The monoisotopic (exact) mass is 490 g/mol. The SMILES string of the molecule is COc1cc(N)c(Cl)cc1C(=O)C1(N)C(OC)CCCN1CCNC(=O)C(O)c1ccccc1. The van der Waals surface area contributed by atoms with E-state index in [1.165, 1.54) is 26.4 Å². The molecule has 0 radical (unpaired) electrons. The molecule has 2 aromatic carbocycles. The van der Waals surface area contributed by atoms with Crippen molar-refractivity contribution in [2.24, 2.45) is 5.73 Å². The van der Waals surface area contributed by atoms with E-state index in [9.17, 15) is 14.7 Å². The molecule has 1 amide bonds. The molecule has 1 saturated heterocycles. The largest absolute Gasteiger partial charge is 0.496 e. The van der Waals surface area contributed by atoms with E-state index < -0.39 is 29.6 Å². The topological polar surface area (TPSA) is 140 Å². The molecule has 0 bridgehead atoms. The van der Waals surface area contributed by atoms with Gasteiger partial charge in [-0.3, -0.25) is 14.5 Å². The number of piperidine rings is 1. The van der Waals surface area contributed by atoms with Gasteiger partial charge in [0.25, 0.3) is 5.91 Å². The third-order valence-electron chi connectivity index (χ3n) is 6.16. The second-order valence-corrected chi connectivity index (χ2v) is 8.59. The fourth-order valence-electron chi connectivity index (χ4n) is 4.29. The molecule has 0 spiro atoms. The van der Waals surface area contributed by atoms with Gasteiger partial charge in [0.15, 0.2) is 11.8 Å². The Bertz CT molecular complexity index is 1020. The van der Waals surface area contributed by atoms with Crippen LogP contribution in [0.25, 0.3) is 0 Å². The fourth-order valence-corrected chi connectivity index (χ4v) is 4.45. The molecular weight excluding hydrogens is 460 g/mol. The predicted octanol–water partition coefficient (Wildman–Crippen LogP) is 1.73. The lowest BCUT2D eigenvalue weighted by molar-refractivity contribution is -0.129. The zero-order chi connectivity index (χ0) is 24.9. The van der Waals surface area contributed by atoms with Crippen molar-refractivity contribution in [3.63, 3.8) is 0 Å². The van der Waals surface area contributed by atoms with E-state index in [1.54, 1.807) is 35.2 Å². The number of methoxy groups -OCH3 is 2. The molecule has 0 aromatic heterocycles. The summed E-state index contributed by atoms with van der Waals surface area (Å²) in [5.74, 6) is -0.697. The Hall–Kier alpha value is -2.69. The number of rotatable bonds is 9. The number of anilines is 1. The summed E-state index contributed by atoms with van der Waals surface area (Å²) in [6, 6.07) is 11.6. The molecule has 0 aliphatic carbocycles. The Balaban J connectivity index is 1.79. The normalized spacial score (nSPS) is 21.6. The number of ether oxygens (including phenoxy) is 2. The van der Waals surface area contributed by atoms with Crippen molar-refractivity contribution in [1.29, 1.82) is 0 Å². The summed E-state index contributed by atoms with van der Waals surface area (Å²) in [4.78, 5) is 28.0. The zero-order valence-electron chi connectivity index (χ0n) is 19.3. The Morgan fingerprint density at radius 2 is 2.00 bits per heavy atom. The van der Waals surface area contributed by atoms with Gasteiger partial charge in [-0.25, -0.2) is 0 Å². The standard InChI is InChI=1S/C24H31ClN4O5/c1-33-19-14-18(26)17(25)13-16(19)22(31)24(27)20(34-2)9-6-11-29(24)12-10-28-23(32)21(30)15-7-4-3-5-8-15/h3-5,7-8,13-14,20-21,30H,6,9-12,26-27H2,1-2H3,(H,28,32). The van der Waals surface area contributed by atoms with Crippen LogP contribution in [-0.4, -0.2) is 67.3 Å². The number of benzene rings is 2. The Kier molecular flexibility index (Phi) is 8.51. The third-order valence-corrected chi connectivity index (χ3v) is 6.49. The van der Waals surface area contributed by atoms with Crippen LogP contribution in [0.4, 0.5) is 5.69 Å². The molecule has 3 atom stereocenters. The highest BCUT2D eigenvalue weighted by Gasteiger charge is 2.50. The summed E-state index contributed by atoms with van der Waals surface area (Å²) in [5.41, 5.74) is 12.1. The van der Waals surface area contributed by atoms with Crippen molar-refractivity contribution in [2.75, 3.05) is 39.6 Å². The molecule has 3 unspecified atom stereocenters. The number of amides is 1. The second kappa shape index (κ2) is 11.2. The maximum absolute atomic E-state index is 13.8. The van der Waals surface area contributed by atoms with Crippen molar-refractivity contribution in [2.45, 2.75) is 30.7 Å². The summed E-state index contributed by atoms with van der Waals surface area (Å²) in [7, 11) is 2.94. The molecule has 10 heteroatoms. The first-order valence-electron chi connectivity index (χ1n) is 11.0. The summed E-state index contributed by atoms with van der Waals surface area (Å²) in [5, 5.41) is 13.2. The maximum Gasteiger partial charge on any atom is 0.253 e. The third kappa shape index (κ3) is 5.18. The van der Waals surface area contributed by atoms with Gasteiger partial charge < -0.3 is 31.4 Å². The van der Waals surface area contributed by atoms with Gasteiger partial charge in [0.2, 0.25) is 5.78 Å². The zero-order valence-corrected chi connectivity index (χ0v) is 20.0. The van der Waals surface area contributed by atoms with Gasteiger partial charge in [-0.05, 0) is 24.5 Å². The minimum absolute atomic E-state index is 0.172. The van der Waals surface area contributed by atoms with Crippen LogP contribution in [-0.2, 0) is 9.53 Å². The van der Waals surface area contributed by atoms with Gasteiger partial charge in [0.1, 0.15) is 5.75 Å². The summed E-state index contributed by atoms with van der Waals surface area (Å²) >= 11 is 6.19. The quantitative estimate of drug-likeness (QED) is 0.308. The minimum atomic E-state index is -1.53. The number of likely N-dealkylation sites (tertiary alicyclic amines) is 1.